The molecule has 0 aliphatic heterocycles. The minimum absolute atomic E-state index is 0.171. The number of carbonyl (C=O) groups is 2. The van der Waals surface area contributed by atoms with Crippen molar-refractivity contribution in [2.75, 3.05) is 19.6 Å². The van der Waals surface area contributed by atoms with Gasteiger partial charge in [-0.2, -0.15) is 0 Å². The number of pyridine rings is 1. The quantitative estimate of drug-likeness (QED) is 0.575. The summed E-state index contributed by atoms with van der Waals surface area (Å²) in [6, 6.07) is 1.63. The molecule has 0 spiro atoms. The first-order valence-corrected chi connectivity index (χ1v) is 12.8. The highest BCUT2D eigenvalue weighted by Crippen LogP contribution is 2.59. The Kier molecular flexibility index (Phi) is 7.14. The highest BCUT2D eigenvalue weighted by Gasteiger charge is 2.50. The molecule has 2 amide bonds. The highest BCUT2D eigenvalue weighted by molar-refractivity contribution is 6.33. The number of nitrogens with one attached hydrogen (secondary N) is 1. The predicted octanol–water partition coefficient (Wildman–Crippen LogP) is 5.29. The van der Waals surface area contributed by atoms with Gasteiger partial charge in [0.1, 0.15) is 11.3 Å². The largest absolute Gasteiger partial charge is 0.444 e. The Morgan fingerprint density at radius 3 is 2.38 bits per heavy atom. The van der Waals surface area contributed by atoms with Crippen molar-refractivity contribution in [2.24, 2.45) is 23.2 Å². The molecular formula is C27H36ClN3O3. The Morgan fingerprint density at radius 1 is 1.21 bits per heavy atom. The Morgan fingerprint density at radius 2 is 1.82 bits per heavy atom. The molecule has 6 nitrogen and oxygen atoms in total. The van der Waals surface area contributed by atoms with Crippen molar-refractivity contribution in [1.29, 1.82) is 0 Å². The molecule has 0 aromatic carbocycles. The van der Waals surface area contributed by atoms with Crippen LogP contribution in [0.3, 0.4) is 0 Å². The second kappa shape index (κ2) is 9.77. The Bertz CT molecular complexity index is 969. The summed E-state index contributed by atoms with van der Waals surface area (Å²) in [6.45, 7) is 8.78. The van der Waals surface area contributed by atoms with Gasteiger partial charge in [-0.05, 0) is 101 Å². The highest BCUT2D eigenvalue weighted by atomic mass is 35.5. The molecule has 4 aliphatic rings. The van der Waals surface area contributed by atoms with E-state index in [0.717, 1.165) is 24.3 Å². The maximum atomic E-state index is 13.0. The van der Waals surface area contributed by atoms with Crippen molar-refractivity contribution < 1.29 is 14.3 Å². The minimum Gasteiger partial charge on any atom is -0.444 e. The van der Waals surface area contributed by atoms with Gasteiger partial charge < -0.3 is 10.1 Å². The topological polar surface area (TPSA) is 71.5 Å². The molecule has 5 rings (SSSR count). The van der Waals surface area contributed by atoms with Crippen LogP contribution in [0.5, 0.6) is 0 Å². The lowest BCUT2D eigenvalue weighted by Gasteiger charge is -2.56. The minimum atomic E-state index is -0.561. The van der Waals surface area contributed by atoms with E-state index in [4.69, 9.17) is 16.3 Å². The number of carbonyl (C=O) groups excluding carboxylic acids is 2. The summed E-state index contributed by atoms with van der Waals surface area (Å²) < 4.78 is 5.41. The molecule has 0 radical (unpaired) electrons. The van der Waals surface area contributed by atoms with Crippen LogP contribution in [0.2, 0.25) is 5.02 Å². The van der Waals surface area contributed by atoms with Gasteiger partial charge in [-0.3, -0.25) is 9.69 Å². The van der Waals surface area contributed by atoms with E-state index in [0.29, 0.717) is 22.8 Å². The van der Waals surface area contributed by atoms with Gasteiger partial charge in [-0.15, -0.1) is 0 Å². The van der Waals surface area contributed by atoms with E-state index < -0.39 is 11.7 Å². The lowest BCUT2D eigenvalue weighted by molar-refractivity contribution is -0.0503. The molecule has 4 aliphatic carbocycles. The van der Waals surface area contributed by atoms with Gasteiger partial charge in [0.2, 0.25) is 0 Å². The van der Waals surface area contributed by atoms with Crippen LogP contribution in [0.1, 0.15) is 82.3 Å². The zero-order valence-electron chi connectivity index (χ0n) is 20.7. The lowest BCUT2D eigenvalue weighted by atomic mass is 9.49. The Hall–Kier alpha value is -2.26. The van der Waals surface area contributed by atoms with Gasteiger partial charge in [0.25, 0.3) is 5.91 Å². The van der Waals surface area contributed by atoms with Gasteiger partial charge in [-0.1, -0.05) is 17.5 Å². The zero-order chi connectivity index (χ0) is 24.5. The molecule has 1 aromatic rings. The maximum Gasteiger partial charge on any atom is 0.411 e. The molecule has 0 atom stereocenters. The summed E-state index contributed by atoms with van der Waals surface area (Å²) in [5.74, 6) is 8.28. The van der Waals surface area contributed by atoms with Crippen molar-refractivity contribution in [3.63, 3.8) is 0 Å². The third-order valence-corrected chi connectivity index (χ3v) is 7.71. The molecule has 34 heavy (non-hydrogen) atoms. The fraction of sp³-hybridized carbons (Fsp3) is 0.667. The van der Waals surface area contributed by atoms with E-state index in [1.54, 1.807) is 6.07 Å². The van der Waals surface area contributed by atoms with E-state index in [1.807, 2.05) is 27.7 Å². The van der Waals surface area contributed by atoms with Crippen LogP contribution in [0.4, 0.5) is 4.79 Å². The molecule has 1 heterocycles. The normalized spacial score (nSPS) is 27.0. The summed E-state index contributed by atoms with van der Waals surface area (Å²) in [4.78, 5) is 31.1. The maximum absolute atomic E-state index is 13.0. The number of hydrogen-bond acceptors (Lipinski definition) is 4. The van der Waals surface area contributed by atoms with Crippen molar-refractivity contribution >= 4 is 23.6 Å². The third kappa shape index (κ3) is 5.86. The first kappa shape index (κ1) is 24.9. The van der Waals surface area contributed by atoms with E-state index in [1.165, 1.54) is 49.6 Å². The van der Waals surface area contributed by atoms with Gasteiger partial charge in [0.15, 0.2) is 0 Å². The van der Waals surface area contributed by atoms with Crippen LogP contribution in [-0.2, 0) is 4.74 Å². The first-order valence-electron chi connectivity index (χ1n) is 12.5. The van der Waals surface area contributed by atoms with E-state index in [9.17, 15) is 9.59 Å². The van der Waals surface area contributed by atoms with Gasteiger partial charge in [-0.25, -0.2) is 9.78 Å². The number of aromatic nitrogens is 1. The van der Waals surface area contributed by atoms with E-state index in [2.05, 4.69) is 22.1 Å². The number of amides is 2. The molecule has 4 bridgehead atoms. The number of hydrogen-bond donors (Lipinski definition) is 1. The summed E-state index contributed by atoms with van der Waals surface area (Å²) in [5, 5.41) is 3.49. The molecule has 4 fully saturated rings. The monoisotopic (exact) mass is 485 g/mol. The second-order valence-corrected chi connectivity index (χ2v) is 11.9. The molecule has 7 heteroatoms. The molecular weight excluding hydrogens is 450 g/mol. The first-order chi connectivity index (χ1) is 16.1. The molecule has 0 saturated heterocycles. The van der Waals surface area contributed by atoms with Crippen molar-refractivity contribution in [1.82, 2.24) is 15.2 Å². The van der Waals surface area contributed by atoms with Gasteiger partial charge in [0, 0.05) is 19.3 Å². The van der Waals surface area contributed by atoms with Crippen LogP contribution in [0.15, 0.2) is 12.3 Å². The SMILES string of the molecule is CCN(CC#Cc1cc(C(=O)NCC23CC4CC(CC(C4)C2)C3)c(Cl)cn1)C(=O)OC(C)(C)C. The Labute approximate surface area is 208 Å². The standard InChI is InChI=1S/C27H36ClN3O3/c1-5-31(25(33)34-26(2,3)4)8-6-7-21-12-22(23(28)16-29-21)24(32)30-17-27-13-18-9-19(14-27)11-20(10-18)15-27/h12,16,18-20H,5,8-11,13-15,17H2,1-4H3,(H,30,32). The van der Waals surface area contributed by atoms with Gasteiger partial charge in [0.05, 0.1) is 17.1 Å². The molecule has 0 unspecified atom stereocenters. The second-order valence-electron chi connectivity index (χ2n) is 11.4. The Balaban J connectivity index is 1.37. The summed E-state index contributed by atoms with van der Waals surface area (Å²) >= 11 is 6.31. The average Bonchev–Trinajstić information content (AvgIpc) is 2.74. The molecule has 4 saturated carbocycles. The van der Waals surface area contributed by atoms with E-state index >= 15 is 0 Å². The summed E-state index contributed by atoms with van der Waals surface area (Å²) in [5.41, 5.74) is 0.543. The number of nitrogens with zero attached hydrogens (tertiary/aromatic N) is 2. The zero-order valence-corrected chi connectivity index (χ0v) is 21.5. The molecule has 1 N–H and O–H groups in total. The van der Waals surface area contributed by atoms with Gasteiger partial charge >= 0.3 is 6.09 Å². The van der Waals surface area contributed by atoms with E-state index in [-0.39, 0.29) is 17.9 Å². The van der Waals surface area contributed by atoms with Crippen molar-refractivity contribution in [3.8, 4) is 11.8 Å². The van der Waals surface area contributed by atoms with Crippen LogP contribution in [-0.4, -0.2) is 47.1 Å². The van der Waals surface area contributed by atoms with Crippen molar-refractivity contribution in [2.45, 2.75) is 71.8 Å². The fourth-order valence-corrected chi connectivity index (χ4v) is 6.60. The third-order valence-electron chi connectivity index (χ3n) is 7.41. The van der Waals surface area contributed by atoms with Crippen LogP contribution < -0.4 is 5.32 Å². The summed E-state index contributed by atoms with van der Waals surface area (Å²) in [6.07, 6.45) is 8.94. The number of halogens is 1. The number of rotatable bonds is 5. The lowest BCUT2D eigenvalue weighted by Crippen LogP contribution is -2.51. The molecule has 184 valence electrons. The average molecular weight is 486 g/mol. The molecule has 1 aromatic heterocycles. The van der Waals surface area contributed by atoms with Crippen LogP contribution in [0, 0.1) is 35.0 Å². The predicted molar refractivity (Wildman–Crippen MR) is 133 cm³/mol. The van der Waals surface area contributed by atoms with Crippen LogP contribution >= 0.6 is 11.6 Å². The fourth-order valence-electron chi connectivity index (χ4n) is 6.41. The summed E-state index contributed by atoms with van der Waals surface area (Å²) in [7, 11) is 0. The smallest absolute Gasteiger partial charge is 0.411 e. The van der Waals surface area contributed by atoms with Crippen LogP contribution in [0.25, 0.3) is 0 Å². The van der Waals surface area contributed by atoms with Crippen molar-refractivity contribution in [3.05, 3.63) is 28.5 Å². The number of ether oxygens (including phenoxy) is 1.